The van der Waals surface area contributed by atoms with Crippen LogP contribution in [-0.2, 0) is 23.2 Å². The van der Waals surface area contributed by atoms with Gasteiger partial charge in [-0.05, 0) is 57.5 Å². The number of hydrogen-bond donors (Lipinski definition) is 3. The molecule has 0 aliphatic rings. The molecule has 1 aromatic heterocycles. The van der Waals surface area contributed by atoms with E-state index in [-0.39, 0.29) is 23.2 Å². The van der Waals surface area contributed by atoms with Gasteiger partial charge in [0, 0.05) is 37.0 Å². The maximum absolute atomic E-state index is 15.2. The molecule has 0 aliphatic heterocycles. The molecule has 12 heteroatoms. The number of anilines is 1. The molecule has 2 N–H and O–H groups in total. The largest absolute Gasteiger partial charge is 0.466 e. The Bertz CT molecular complexity index is 1380. The zero-order valence-corrected chi connectivity index (χ0v) is 21.8. The lowest BCUT2D eigenvalue weighted by Crippen LogP contribution is -2.27. The van der Waals surface area contributed by atoms with Crippen LogP contribution in [0.15, 0.2) is 45.6 Å². The molecule has 1 atom stereocenters. The number of benzene rings is 2. The first-order chi connectivity index (χ1) is 16.4. The van der Waals surface area contributed by atoms with Crippen molar-refractivity contribution in [3.8, 4) is 5.75 Å². The van der Waals surface area contributed by atoms with Crippen LogP contribution in [0.4, 0.5) is 10.1 Å². The Balaban J connectivity index is 2.08. The quantitative estimate of drug-likeness (QED) is 0.213. The van der Waals surface area contributed by atoms with Crippen molar-refractivity contribution in [3.63, 3.8) is 0 Å². The standard InChI is InChI=1S/C23H29FN4O5S2/c1-25-35(30,31)26-19-8-6-7-14(21(19)24)11-17-18(13-27(2)3)16-10-9-15(32-23(34)28(4)5)12-20(16)33-22(17)29/h6-10,12,23,25-26,34H,11,13H2,1-5H3. The van der Waals surface area contributed by atoms with Gasteiger partial charge in [-0.1, -0.05) is 12.1 Å². The fraction of sp³-hybridized carbons (Fsp3) is 0.348. The first-order valence-corrected chi connectivity index (χ1v) is 12.6. The van der Waals surface area contributed by atoms with E-state index in [0.717, 1.165) is 0 Å². The number of hydrogen-bond acceptors (Lipinski definition) is 8. The summed E-state index contributed by atoms with van der Waals surface area (Å²) in [5, 5.41) is 0.689. The maximum atomic E-state index is 15.2. The van der Waals surface area contributed by atoms with Crippen molar-refractivity contribution in [1.82, 2.24) is 14.5 Å². The van der Waals surface area contributed by atoms with Gasteiger partial charge in [0.1, 0.15) is 11.3 Å². The smallest absolute Gasteiger partial charge is 0.340 e. The zero-order chi connectivity index (χ0) is 25.9. The Hall–Kier alpha value is -2.64. The summed E-state index contributed by atoms with van der Waals surface area (Å²) in [4.78, 5) is 16.7. The summed E-state index contributed by atoms with van der Waals surface area (Å²) in [6.45, 7) is 0.401. The van der Waals surface area contributed by atoms with Crippen molar-refractivity contribution in [3.05, 3.63) is 69.3 Å². The highest BCUT2D eigenvalue weighted by Crippen LogP contribution is 2.29. The molecule has 0 aliphatic carbocycles. The zero-order valence-electron chi connectivity index (χ0n) is 20.1. The summed E-state index contributed by atoms with van der Waals surface area (Å²) in [5.74, 6) is -0.289. The molecular formula is C23H29FN4O5S2. The molecule has 0 saturated carbocycles. The molecule has 0 spiro atoms. The lowest BCUT2D eigenvalue weighted by Gasteiger charge is -2.21. The lowest BCUT2D eigenvalue weighted by molar-refractivity contribution is 0.147. The highest BCUT2D eigenvalue weighted by atomic mass is 32.2. The number of thiol groups is 1. The minimum atomic E-state index is -3.91. The first-order valence-electron chi connectivity index (χ1n) is 10.6. The van der Waals surface area contributed by atoms with Gasteiger partial charge in [0.2, 0.25) is 0 Å². The van der Waals surface area contributed by atoms with Crippen LogP contribution in [0, 0.1) is 5.82 Å². The normalized spacial score (nSPS) is 12.9. The Labute approximate surface area is 209 Å². The van der Waals surface area contributed by atoms with E-state index in [1.165, 1.54) is 25.2 Å². The Kier molecular flexibility index (Phi) is 8.44. The highest BCUT2D eigenvalue weighted by molar-refractivity contribution is 7.90. The number of rotatable bonds is 10. The van der Waals surface area contributed by atoms with Gasteiger partial charge in [-0.3, -0.25) is 9.62 Å². The predicted octanol–water partition coefficient (Wildman–Crippen LogP) is 2.61. The predicted molar refractivity (Wildman–Crippen MR) is 138 cm³/mol. The summed E-state index contributed by atoms with van der Waals surface area (Å²) in [6, 6.07) is 9.50. The monoisotopic (exact) mass is 524 g/mol. The number of halogens is 1. The molecule has 0 saturated heterocycles. The van der Waals surface area contributed by atoms with Crippen molar-refractivity contribution < 1.29 is 22.0 Å². The summed E-state index contributed by atoms with van der Waals surface area (Å²) >= 11 is 4.36. The minimum absolute atomic E-state index is 0.0833. The fourth-order valence-electron chi connectivity index (χ4n) is 3.44. The van der Waals surface area contributed by atoms with E-state index < -0.39 is 27.2 Å². The van der Waals surface area contributed by atoms with E-state index in [0.29, 0.717) is 28.8 Å². The second-order valence-corrected chi connectivity index (χ2v) is 10.5. The van der Waals surface area contributed by atoms with Crippen LogP contribution in [0.2, 0.25) is 0 Å². The van der Waals surface area contributed by atoms with Crippen molar-refractivity contribution in [2.75, 3.05) is 40.0 Å². The molecule has 9 nitrogen and oxygen atoms in total. The Morgan fingerprint density at radius 3 is 2.49 bits per heavy atom. The first kappa shape index (κ1) is 27.0. The topological polar surface area (TPSA) is 104 Å². The second-order valence-electron chi connectivity index (χ2n) is 8.42. The van der Waals surface area contributed by atoms with Gasteiger partial charge in [-0.15, -0.1) is 12.6 Å². The molecule has 3 rings (SSSR count). The molecule has 0 fully saturated rings. The van der Waals surface area contributed by atoms with E-state index in [4.69, 9.17) is 9.15 Å². The van der Waals surface area contributed by atoms with Gasteiger partial charge < -0.3 is 14.1 Å². The van der Waals surface area contributed by atoms with Crippen molar-refractivity contribution >= 4 is 39.5 Å². The van der Waals surface area contributed by atoms with Gasteiger partial charge in [-0.25, -0.2) is 13.9 Å². The molecule has 3 aromatic rings. The molecular weight excluding hydrogens is 495 g/mol. The van der Waals surface area contributed by atoms with Crippen molar-refractivity contribution in [1.29, 1.82) is 0 Å². The summed E-state index contributed by atoms with van der Waals surface area (Å²) < 4.78 is 54.4. The molecule has 1 unspecified atom stereocenters. The van der Waals surface area contributed by atoms with Gasteiger partial charge in [0.25, 0.3) is 10.2 Å². The van der Waals surface area contributed by atoms with Crippen molar-refractivity contribution in [2.45, 2.75) is 18.5 Å². The van der Waals surface area contributed by atoms with Gasteiger partial charge in [0.15, 0.2) is 11.4 Å². The van der Waals surface area contributed by atoms with Crippen LogP contribution in [0.1, 0.15) is 16.7 Å². The number of nitrogens with zero attached hydrogens (tertiary/aromatic N) is 2. The number of ether oxygens (including phenoxy) is 1. The molecule has 35 heavy (non-hydrogen) atoms. The van der Waals surface area contributed by atoms with Crippen LogP contribution in [0.5, 0.6) is 5.75 Å². The molecule has 1 heterocycles. The Morgan fingerprint density at radius 2 is 1.86 bits per heavy atom. The van der Waals surface area contributed by atoms with Crippen LogP contribution in [0.3, 0.4) is 0 Å². The van der Waals surface area contributed by atoms with Gasteiger partial charge in [-0.2, -0.15) is 8.42 Å². The molecule has 0 amide bonds. The van der Waals surface area contributed by atoms with E-state index in [2.05, 4.69) is 22.1 Å². The minimum Gasteiger partial charge on any atom is -0.466 e. The third-order valence-electron chi connectivity index (χ3n) is 5.21. The van der Waals surface area contributed by atoms with Gasteiger partial charge in [0.05, 0.1) is 5.69 Å². The van der Waals surface area contributed by atoms with Crippen LogP contribution in [-0.4, -0.2) is 59.0 Å². The fourth-order valence-corrected chi connectivity index (χ4v) is 4.11. The highest BCUT2D eigenvalue weighted by Gasteiger charge is 2.20. The third kappa shape index (κ3) is 6.53. The SMILES string of the molecule is CNS(=O)(=O)Nc1cccc(Cc2c(CN(C)C)c3ccc(OC(S)N(C)C)cc3oc2=O)c1F. The van der Waals surface area contributed by atoms with Crippen LogP contribution < -0.4 is 19.8 Å². The van der Waals surface area contributed by atoms with Crippen LogP contribution in [0.25, 0.3) is 11.0 Å². The summed E-state index contributed by atoms with van der Waals surface area (Å²) in [7, 11) is 4.66. The second kappa shape index (κ2) is 11.0. The summed E-state index contributed by atoms with van der Waals surface area (Å²) in [6.07, 6.45) is -0.0833. The van der Waals surface area contributed by atoms with Crippen molar-refractivity contribution in [2.24, 2.45) is 0 Å². The van der Waals surface area contributed by atoms with Gasteiger partial charge >= 0.3 is 5.63 Å². The average molecular weight is 525 g/mol. The average Bonchev–Trinajstić information content (AvgIpc) is 2.77. The van der Waals surface area contributed by atoms with E-state index in [1.54, 1.807) is 23.1 Å². The summed E-state index contributed by atoms with van der Waals surface area (Å²) in [5.41, 5.74) is 0.133. The molecule has 0 bridgehead atoms. The maximum Gasteiger partial charge on any atom is 0.340 e. The molecule has 190 valence electrons. The molecule has 2 aromatic carbocycles. The van der Waals surface area contributed by atoms with E-state index >= 15 is 4.39 Å². The molecule has 0 radical (unpaired) electrons. The Morgan fingerprint density at radius 1 is 1.14 bits per heavy atom. The third-order valence-corrected chi connectivity index (χ3v) is 6.80. The van der Waals surface area contributed by atoms with E-state index in [1.807, 2.05) is 33.1 Å². The van der Waals surface area contributed by atoms with E-state index in [9.17, 15) is 13.2 Å². The number of nitrogens with one attached hydrogen (secondary N) is 2. The van der Waals surface area contributed by atoms with Crippen LogP contribution >= 0.6 is 12.6 Å². The number of fused-ring (bicyclic) bond motifs is 1. The lowest BCUT2D eigenvalue weighted by atomic mass is 9.97.